The van der Waals surface area contributed by atoms with Gasteiger partial charge in [0.25, 0.3) is 10.0 Å². The third kappa shape index (κ3) is 7.23. The van der Waals surface area contributed by atoms with Gasteiger partial charge in [-0.2, -0.15) is 13.2 Å². The third-order valence-corrected chi connectivity index (χ3v) is 7.00. The van der Waals surface area contributed by atoms with Crippen molar-refractivity contribution in [3.05, 3.63) is 52.8 Å². The number of nitrogens with one attached hydrogen (secondary N) is 1. The molecule has 13 heteroatoms. The second-order valence-corrected chi connectivity index (χ2v) is 11.6. The van der Waals surface area contributed by atoms with Crippen LogP contribution in [0.5, 0.6) is 0 Å². The molecule has 1 N–H and O–H groups in total. The van der Waals surface area contributed by atoms with Gasteiger partial charge in [0, 0.05) is 44.1 Å². The number of anilines is 1. The number of alkyl halides is 3. The number of hydrogen-bond acceptors (Lipinski definition) is 6. The van der Waals surface area contributed by atoms with Crippen LogP contribution < -0.4 is 4.72 Å². The van der Waals surface area contributed by atoms with E-state index in [0.29, 0.717) is 19.6 Å². The Kier molecular flexibility index (Phi) is 8.11. The van der Waals surface area contributed by atoms with E-state index in [9.17, 15) is 26.4 Å². The van der Waals surface area contributed by atoms with Crippen molar-refractivity contribution in [3.63, 3.8) is 0 Å². The Balaban J connectivity index is 1.76. The topological polar surface area (TPSA) is 91.8 Å². The average molecular weight is 549 g/mol. The first-order chi connectivity index (χ1) is 16.5. The SMILES string of the molecule is C[C@H]1CN(Cc2ccc(NS(=O)(=O)c3ccc(Cl)nc3)cc2C(F)(F)F)CCN1C(=O)OC(C)(C)C. The van der Waals surface area contributed by atoms with Crippen LogP contribution in [0.15, 0.2) is 41.4 Å². The number of carbonyl (C=O) groups is 1. The Labute approximate surface area is 213 Å². The Morgan fingerprint density at radius 1 is 1.19 bits per heavy atom. The van der Waals surface area contributed by atoms with Crippen molar-refractivity contribution >= 4 is 33.4 Å². The molecule has 2 heterocycles. The van der Waals surface area contributed by atoms with Gasteiger partial charge in [0.05, 0.1) is 5.56 Å². The number of pyridine rings is 1. The van der Waals surface area contributed by atoms with E-state index in [4.69, 9.17) is 16.3 Å². The molecule has 1 aromatic carbocycles. The van der Waals surface area contributed by atoms with Gasteiger partial charge in [-0.25, -0.2) is 18.2 Å². The van der Waals surface area contributed by atoms with Crippen molar-refractivity contribution in [3.8, 4) is 0 Å². The summed E-state index contributed by atoms with van der Waals surface area (Å²) >= 11 is 5.67. The number of benzene rings is 1. The normalized spacial score (nSPS) is 17.7. The highest BCUT2D eigenvalue weighted by Crippen LogP contribution is 2.35. The van der Waals surface area contributed by atoms with E-state index >= 15 is 0 Å². The van der Waals surface area contributed by atoms with E-state index in [1.54, 1.807) is 25.7 Å². The van der Waals surface area contributed by atoms with Gasteiger partial charge in [0.1, 0.15) is 15.6 Å². The summed E-state index contributed by atoms with van der Waals surface area (Å²) in [5.41, 5.74) is -1.83. The number of rotatable bonds is 5. The Morgan fingerprint density at radius 2 is 1.89 bits per heavy atom. The zero-order chi connectivity index (χ0) is 26.9. The summed E-state index contributed by atoms with van der Waals surface area (Å²) in [6, 6.07) is 5.52. The smallest absolute Gasteiger partial charge is 0.416 e. The first kappa shape index (κ1) is 28.0. The Morgan fingerprint density at radius 3 is 2.44 bits per heavy atom. The van der Waals surface area contributed by atoms with Crippen LogP contribution in [0.3, 0.4) is 0 Å². The van der Waals surface area contributed by atoms with Crippen molar-refractivity contribution in [1.82, 2.24) is 14.8 Å². The van der Waals surface area contributed by atoms with Crippen molar-refractivity contribution in [2.75, 3.05) is 24.4 Å². The Hall–Kier alpha value is -2.57. The number of sulfonamides is 1. The highest BCUT2D eigenvalue weighted by molar-refractivity contribution is 7.92. The number of hydrogen-bond donors (Lipinski definition) is 1. The number of halogens is 4. The number of ether oxygens (including phenoxy) is 1. The highest BCUT2D eigenvalue weighted by atomic mass is 35.5. The quantitative estimate of drug-likeness (QED) is 0.529. The van der Waals surface area contributed by atoms with Crippen LogP contribution in [-0.4, -0.2) is 60.6 Å². The molecule has 0 spiro atoms. The predicted molar refractivity (Wildman–Crippen MR) is 129 cm³/mol. The molecule has 0 aliphatic carbocycles. The standard InChI is InChI=1S/C23H28ClF3N4O4S/c1-15-13-30(9-10-31(15)21(32)35-22(2,3)4)14-16-5-6-17(11-19(16)23(25,26)27)29-36(33,34)18-7-8-20(24)28-12-18/h5-8,11-12,15,29H,9-10,13-14H2,1-4H3/t15-/m0/s1. The zero-order valence-electron chi connectivity index (χ0n) is 20.3. The summed E-state index contributed by atoms with van der Waals surface area (Å²) in [6.07, 6.45) is -4.15. The minimum absolute atomic E-state index is 0.00322. The summed E-state index contributed by atoms with van der Waals surface area (Å²) in [4.78, 5) is 19.3. The van der Waals surface area contributed by atoms with E-state index in [0.717, 1.165) is 12.3 Å². The van der Waals surface area contributed by atoms with Gasteiger partial charge in [-0.05, 0) is 57.5 Å². The van der Waals surface area contributed by atoms with Crippen LogP contribution in [0, 0.1) is 0 Å². The fourth-order valence-corrected chi connectivity index (χ4v) is 4.89. The molecule has 1 amide bonds. The summed E-state index contributed by atoms with van der Waals surface area (Å²) in [7, 11) is -4.17. The second kappa shape index (κ2) is 10.4. The van der Waals surface area contributed by atoms with Crippen LogP contribution >= 0.6 is 11.6 Å². The molecule has 0 bridgehead atoms. The molecule has 0 unspecified atom stereocenters. The molecular formula is C23H28ClF3N4O4S. The highest BCUT2D eigenvalue weighted by Gasteiger charge is 2.36. The van der Waals surface area contributed by atoms with Crippen LogP contribution in [0.2, 0.25) is 5.15 Å². The van der Waals surface area contributed by atoms with Crippen molar-refractivity contribution in [2.24, 2.45) is 0 Å². The largest absolute Gasteiger partial charge is 0.444 e. The van der Waals surface area contributed by atoms with Gasteiger partial charge in [-0.1, -0.05) is 17.7 Å². The second-order valence-electron chi connectivity index (χ2n) is 9.55. The molecule has 1 aliphatic heterocycles. The fourth-order valence-electron chi connectivity index (χ4n) is 3.79. The van der Waals surface area contributed by atoms with Crippen molar-refractivity contribution in [2.45, 2.75) is 57.0 Å². The van der Waals surface area contributed by atoms with Crippen molar-refractivity contribution < 1.29 is 31.1 Å². The van der Waals surface area contributed by atoms with Crippen LogP contribution in [-0.2, 0) is 27.5 Å². The molecule has 1 aliphatic rings. The number of piperazine rings is 1. The molecule has 1 aromatic heterocycles. The minimum atomic E-state index is -4.71. The lowest BCUT2D eigenvalue weighted by atomic mass is 10.0. The monoisotopic (exact) mass is 548 g/mol. The lowest BCUT2D eigenvalue weighted by Gasteiger charge is -2.40. The van der Waals surface area contributed by atoms with E-state index in [1.165, 1.54) is 24.3 Å². The molecule has 0 radical (unpaired) electrons. The van der Waals surface area contributed by atoms with Gasteiger partial charge in [-0.15, -0.1) is 0 Å². The summed E-state index contributed by atoms with van der Waals surface area (Å²) in [5, 5.41) is 0.0823. The summed E-state index contributed by atoms with van der Waals surface area (Å²) in [6.45, 7) is 8.11. The summed E-state index contributed by atoms with van der Waals surface area (Å²) < 4.78 is 74.4. The van der Waals surface area contributed by atoms with E-state index in [1.807, 2.05) is 11.8 Å². The van der Waals surface area contributed by atoms with Crippen LogP contribution in [0.25, 0.3) is 0 Å². The van der Waals surface area contributed by atoms with E-state index < -0.39 is 33.5 Å². The van der Waals surface area contributed by atoms with Crippen LogP contribution in [0.4, 0.5) is 23.7 Å². The van der Waals surface area contributed by atoms with Gasteiger partial charge in [-0.3, -0.25) is 9.62 Å². The number of nitrogens with zero attached hydrogens (tertiary/aromatic N) is 3. The molecule has 36 heavy (non-hydrogen) atoms. The maximum absolute atomic E-state index is 13.9. The van der Waals surface area contributed by atoms with E-state index in [2.05, 4.69) is 9.71 Å². The average Bonchev–Trinajstić information content (AvgIpc) is 2.73. The minimum Gasteiger partial charge on any atom is -0.444 e. The molecule has 198 valence electrons. The molecule has 1 saturated heterocycles. The summed E-state index contributed by atoms with van der Waals surface area (Å²) in [5.74, 6) is 0. The maximum Gasteiger partial charge on any atom is 0.416 e. The molecule has 1 atom stereocenters. The molecule has 3 rings (SSSR count). The van der Waals surface area contributed by atoms with E-state index in [-0.39, 0.29) is 33.9 Å². The molecule has 8 nitrogen and oxygen atoms in total. The molecular weight excluding hydrogens is 521 g/mol. The van der Waals surface area contributed by atoms with Gasteiger partial charge in [0.15, 0.2) is 0 Å². The number of amides is 1. The number of carbonyl (C=O) groups excluding carboxylic acids is 1. The predicted octanol–water partition coefficient (Wildman–Crippen LogP) is 5.00. The lowest BCUT2D eigenvalue weighted by molar-refractivity contribution is -0.138. The lowest BCUT2D eigenvalue weighted by Crippen LogP contribution is -2.54. The van der Waals surface area contributed by atoms with Gasteiger partial charge < -0.3 is 9.64 Å². The maximum atomic E-state index is 13.9. The molecule has 2 aromatic rings. The third-order valence-electron chi connectivity index (χ3n) is 5.41. The van der Waals surface area contributed by atoms with Gasteiger partial charge >= 0.3 is 12.3 Å². The fraction of sp³-hybridized carbons (Fsp3) is 0.478. The Bertz CT molecular complexity index is 1200. The molecule has 0 saturated carbocycles. The first-order valence-electron chi connectivity index (χ1n) is 11.1. The number of aromatic nitrogens is 1. The molecule has 1 fully saturated rings. The van der Waals surface area contributed by atoms with Crippen molar-refractivity contribution in [1.29, 1.82) is 0 Å². The first-order valence-corrected chi connectivity index (χ1v) is 13.0. The van der Waals surface area contributed by atoms with Gasteiger partial charge in [0.2, 0.25) is 0 Å². The van der Waals surface area contributed by atoms with Crippen LogP contribution in [0.1, 0.15) is 38.8 Å². The zero-order valence-corrected chi connectivity index (χ0v) is 21.8.